The zero-order valence-electron chi connectivity index (χ0n) is 17.9. The number of halogens is 1. The number of hydrogen-bond donors (Lipinski definition) is 0. The Morgan fingerprint density at radius 3 is 2.48 bits per heavy atom. The molecule has 0 amide bonds. The molecule has 2 aromatic carbocycles. The van der Waals surface area contributed by atoms with Crippen LogP contribution in [-0.4, -0.2) is 14.5 Å². The van der Waals surface area contributed by atoms with Gasteiger partial charge in [-0.25, -0.2) is 4.39 Å². The smallest absolute Gasteiger partial charge is 0.263 e. The Bertz CT molecular complexity index is 1350. The van der Waals surface area contributed by atoms with Gasteiger partial charge in [0.25, 0.3) is 5.56 Å². The molecular formula is C26H24FN3O. The van der Waals surface area contributed by atoms with Gasteiger partial charge in [0.2, 0.25) is 0 Å². The first kappa shape index (κ1) is 19.6. The Labute approximate surface area is 180 Å². The van der Waals surface area contributed by atoms with Crippen LogP contribution < -0.4 is 5.56 Å². The molecule has 1 fully saturated rings. The normalized spacial score (nSPS) is 13.8. The van der Waals surface area contributed by atoms with E-state index >= 15 is 4.39 Å². The molecule has 0 bridgehead atoms. The molecule has 4 nitrogen and oxygen atoms in total. The van der Waals surface area contributed by atoms with Crippen molar-refractivity contribution in [2.24, 2.45) is 0 Å². The number of pyridine rings is 1. The fraction of sp³-hybridized carbons (Fsp3) is 0.269. The lowest BCUT2D eigenvalue weighted by Gasteiger charge is -2.17. The number of nitrogens with zero attached hydrogens (tertiary/aromatic N) is 3. The van der Waals surface area contributed by atoms with Gasteiger partial charge >= 0.3 is 0 Å². The highest BCUT2D eigenvalue weighted by Gasteiger charge is 2.25. The second kappa shape index (κ2) is 7.41. The van der Waals surface area contributed by atoms with E-state index < -0.39 is 5.82 Å². The Hall–Kier alpha value is -3.34. The van der Waals surface area contributed by atoms with Gasteiger partial charge in [0.1, 0.15) is 5.82 Å². The minimum absolute atomic E-state index is 0.153. The van der Waals surface area contributed by atoms with Gasteiger partial charge < -0.3 is 0 Å². The van der Waals surface area contributed by atoms with Crippen molar-refractivity contribution < 1.29 is 4.39 Å². The molecule has 31 heavy (non-hydrogen) atoms. The van der Waals surface area contributed by atoms with E-state index in [1.165, 1.54) is 6.07 Å². The van der Waals surface area contributed by atoms with Gasteiger partial charge in [-0.3, -0.25) is 19.3 Å². The maximum absolute atomic E-state index is 15.2. The van der Waals surface area contributed by atoms with E-state index in [1.54, 1.807) is 23.0 Å². The molecule has 1 aliphatic rings. The first-order chi connectivity index (χ1) is 14.9. The van der Waals surface area contributed by atoms with E-state index in [2.05, 4.69) is 23.8 Å². The molecule has 0 unspecified atom stereocenters. The Morgan fingerprint density at radius 2 is 1.84 bits per heavy atom. The standard InChI is InChI=1S/C26H24FN3O/c1-15(2)21-14-30(25-7-5-4-6-16(25)3)26(31)19-11-22(27)20(10-18(19)21)24-13-28-23(12-29-24)17-8-9-17/h4-7,10-15,17H,8-9H2,1-3H3. The first-order valence-electron chi connectivity index (χ1n) is 10.7. The molecule has 156 valence electrons. The van der Waals surface area contributed by atoms with Gasteiger partial charge in [-0.1, -0.05) is 32.0 Å². The van der Waals surface area contributed by atoms with E-state index in [1.807, 2.05) is 37.4 Å². The van der Waals surface area contributed by atoms with Crippen molar-refractivity contribution in [3.8, 4) is 16.9 Å². The fourth-order valence-electron chi connectivity index (χ4n) is 4.12. The summed E-state index contributed by atoms with van der Waals surface area (Å²) in [5, 5.41) is 1.13. The highest BCUT2D eigenvalue weighted by Crippen LogP contribution is 2.39. The molecule has 5 heteroatoms. The van der Waals surface area contributed by atoms with E-state index in [4.69, 9.17) is 0 Å². The topological polar surface area (TPSA) is 47.8 Å². The lowest BCUT2D eigenvalue weighted by Crippen LogP contribution is -2.20. The van der Waals surface area contributed by atoms with Gasteiger partial charge in [-0.15, -0.1) is 0 Å². The molecule has 0 aliphatic heterocycles. The predicted octanol–water partition coefficient (Wildman–Crippen LogP) is 5.90. The van der Waals surface area contributed by atoms with Crippen LogP contribution in [0.25, 0.3) is 27.7 Å². The van der Waals surface area contributed by atoms with Crippen molar-refractivity contribution >= 4 is 10.8 Å². The summed E-state index contributed by atoms with van der Waals surface area (Å²) < 4.78 is 16.8. The van der Waals surface area contributed by atoms with Crippen LogP contribution >= 0.6 is 0 Å². The summed E-state index contributed by atoms with van der Waals surface area (Å²) in [5.41, 5.74) is 4.38. The van der Waals surface area contributed by atoms with E-state index in [9.17, 15) is 4.79 Å². The van der Waals surface area contributed by atoms with Crippen LogP contribution in [0.3, 0.4) is 0 Å². The molecule has 2 aromatic heterocycles. The summed E-state index contributed by atoms with van der Waals surface area (Å²) in [4.78, 5) is 22.3. The highest BCUT2D eigenvalue weighted by atomic mass is 19.1. The van der Waals surface area contributed by atoms with Crippen molar-refractivity contribution in [1.29, 1.82) is 0 Å². The fourth-order valence-corrected chi connectivity index (χ4v) is 4.12. The molecule has 1 saturated carbocycles. The summed E-state index contributed by atoms with van der Waals surface area (Å²) in [6.07, 6.45) is 7.56. The van der Waals surface area contributed by atoms with Crippen LogP contribution in [0.1, 0.15) is 55.3 Å². The van der Waals surface area contributed by atoms with E-state index in [-0.39, 0.29) is 11.5 Å². The summed E-state index contributed by atoms with van der Waals surface area (Å²) in [5.74, 6) is 0.186. The number of para-hydroxylation sites is 1. The largest absolute Gasteiger partial charge is 0.283 e. The molecule has 0 atom stereocenters. The van der Waals surface area contributed by atoms with Crippen LogP contribution in [0.15, 0.2) is 59.8 Å². The number of aryl methyl sites for hydroxylation is 1. The summed E-state index contributed by atoms with van der Waals surface area (Å²) in [6, 6.07) is 10.8. The number of fused-ring (bicyclic) bond motifs is 1. The number of hydrogen-bond acceptors (Lipinski definition) is 3. The molecular weight excluding hydrogens is 389 g/mol. The average molecular weight is 413 g/mol. The van der Waals surface area contributed by atoms with E-state index in [0.717, 1.165) is 40.7 Å². The molecule has 0 saturated heterocycles. The third-order valence-electron chi connectivity index (χ3n) is 6.08. The van der Waals surface area contributed by atoms with Crippen LogP contribution in [0, 0.1) is 12.7 Å². The third-order valence-corrected chi connectivity index (χ3v) is 6.08. The number of benzene rings is 2. The van der Waals surface area contributed by atoms with Gasteiger partial charge in [0.05, 0.1) is 28.7 Å². The molecule has 0 N–H and O–H groups in total. The molecule has 0 radical (unpaired) electrons. The zero-order valence-corrected chi connectivity index (χ0v) is 17.9. The monoisotopic (exact) mass is 413 g/mol. The van der Waals surface area contributed by atoms with Crippen molar-refractivity contribution in [2.45, 2.75) is 45.4 Å². The molecule has 4 aromatic rings. The van der Waals surface area contributed by atoms with Gasteiger partial charge in [-0.2, -0.15) is 0 Å². The Morgan fingerprint density at radius 1 is 1.06 bits per heavy atom. The number of aromatic nitrogens is 3. The average Bonchev–Trinajstić information content (AvgIpc) is 3.60. The van der Waals surface area contributed by atoms with Crippen LogP contribution in [0.2, 0.25) is 0 Å². The van der Waals surface area contributed by atoms with Crippen LogP contribution in [0.5, 0.6) is 0 Å². The first-order valence-corrected chi connectivity index (χ1v) is 10.7. The highest BCUT2D eigenvalue weighted by molar-refractivity contribution is 5.89. The molecule has 5 rings (SSSR count). The van der Waals surface area contributed by atoms with Crippen LogP contribution in [-0.2, 0) is 0 Å². The third kappa shape index (κ3) is 3.44. The van der Waals surface area contributed by atoms with Gasteiger partial charge in [0.15, 0.2) is 0 Å². The van der Waals surface area contributed by atoms with Gasteiger partial charge in [-0.05, 0) is 60.4 Å². The van der Waals surface area contributed by atoms with Crippen molar-refractivity contribution in [2.75, 3.05) is 0 Å². The minimum Gasteiger partial charge on any atom is -0.283 e. The summed E-state index contributed by atoms with van der Waals surface area (Å²) in [7, 11) is 0. The van der Waals surface area contributed by atoms with Crippen LogP contribution in [0.4, 0.5) is 4.39 Å². The second-order valence-corrected chi connectivity index (χ2v) is 8.68. The second-order valence-electron chi connectivity index (χ2n) is 8.68. The summed E-state index contributed by atoms with van der Waals surface area (Å²) in [6.45, 7) is 6.12. The molecule has 1 aliphatic carbocycles. The molecule has 0 spiro atoms. The van der Waals surface area contributed by atoms with Crippen molar-refractivity contribution in [3.63, 3.8) is 0 Å². The quantitative estimate of drug-likeness (QED) is 0.419. The maximum atomic E-state index is 15.2. The van der Waals surface area contributed by atoms with Crippen molar-refractivity contribution in [1.82, 2.24) is 14.5 Å². The lowest BCUT2D eigenvalue weighted by atomic mass is 9.95. The minimum atomic E-state index is -0.463. The molecule has 2 heterocycles. The zero-order chi connectivity index (χ0) is 21.7. The maximum Gasteiger partial charge on any atom is 0.263 e. The number of rotatable bonds is 4. The SMILES string of the molecule is Cc1ccccc1-n1cc(C(C)C)c2cc(-c3cnc(C4CC4)cn3)c(F)cc2c1=O. The Balaban J connectivity index is 1.73. The summed E-state index contributed by atoms with van der Waals surface area (Å²) >= 11 is 0. The van der Waals surface area contributed by atoms with E-state index in [0.29, 0.717) is 22.6 Å². The predicted molar refractivity (Wildman–Crippen MR) is 121 cm³/mol. The van der Waals surface area contributed by atoms with Crippen molar-refractivity contribution in [3.05, 3.63) is 88.0 Å². The Kier molecular flexibility index (Phi) is 4.69. The van der Waals surface area contributed by atoms with Gasteiger partial charge in [0, 0.05) is 23.9 Å². The lowest BCUT2D eigenvalue weighted by molar-refractivity contribution is 0.632.